The normalized spacial score (nSPS) is 15.9. The summed E-state index contributed by atoms with van der Waals surface area (Å²) in [5.74, 6) is 0.444. The van der Waals surface area contributed by atoms with Crippen molar-refractivity contribution in [3.63, 3.8) is 0 Å². The van der Waals surface area contributed by atoms with E-state index in [1.54, 1.807) is 11.3 Å². The molecule has 0 bridgehead atoms. The summed E-state index contributed by atoms with van der Waals surface area (Å²) in [6.07, 6.45) is 6.94. The van der Waals surface area contributed by atoms with Crippen molar-refractivity contribution in [1.82, 2.24) is 15.0 Å². The molecule has 5 rings (SSSR count). The largest absolute Gasteiger partial charge is 0.310 e. The summed E-state index contributed by atoms with van der Waals surface area (Å²) in [6, 6.07) is 0. The average molecular weight is 429 g/mol. The fourth-order valence-electron chi connectivity index (χ4n) is 4.06. The molecule has 150 valence electrons. The van der Waals surface area contributed by atoms with Crippen molar-refractivity contribution in [3.8, 4) is 0 Å². The van der Waals surface area contributed by atoms with Gasteiger partial charge in [-0.1, -0.05) is 11.3 Å². The first-order valence-corrected chi connectivity index (χ1v) is 11.6. The number of thiazole rings is 1. The Balaban J connectivity index is 1.29. The smallest absolute Gasteiger partial charge is 0.259 e. The molecule has 0 saturated heterocycles. The van der Waals surface area contributed by atoms with Crippen molar-refractivity contribution in [1.29, 1.82) is 0 Å². The molecular formula is C20H20N4O3S2. The van der Waals surface area contributed by atoms with Crippen molar-refractivity contribution in [2.45, 2.75) is 57.8 Å². The molecule has 0 unspecified atom stereocenters. The summed E-state index contributed by atoms with van der Waals surface area (Å²) in [4.78, 5) is 51.4. The maximum atomic E-state index is 12.6. The van der Waals surface area contributed by atoms with E-state index in [2.05, 4.69) is 20.3 Å². The lowest BCUT2D eigenvalue weighted by Crippen LogP contribution is -2.16. The second-order valence-corrected chi connectivity index (χ2v) is 9.61. The highest BCUT2D eigenvalue weighted by molar-refractivity contribution is 7.19. The number of Topliss-reactive ketones (excluding diaryl/α,β-unsaturated/α-hetero) is 1. The number of aromatic nitrogens is 3. The monoisotopic (exact) mass is 428 g/mol. The van der Waals surface area contributed by atoms with E-state index in [0.717, 1.165) is 60.0 Å². The Bertz CT molecular complexity index is 1190. The van der Waals surface area contributed by atoms with Crippen molar-refractivity contribution in [2.24, 2.45) is 0 Å². The van der Waals surface area contributed by atoms with Gasteiger partial charge in [0.1, 0.15) is 10.7 Å². The summed E-state index contributed by atoms with van der Waals surface area (Å²) in [7, 11) is 0. The number of hydrogen-bond donors (Lipinski definition) is 2. The Kier molecular flexibility index (Phi) is 4.79. The molecular weight excluding hydrogens is 408 g/mol. The number of aromatic amines is 1. The molecule has 2 N–H and O–H groups in total. The summed E-state index contributed by atoms with van der Waals surface area (Å²) < 4.78 is 0. The Morgan fingerprint density at radius 2 is 1.90 bits per heavy atom. The van der Waals surface area contributed by atoms with Gasteiger partial charge in [-0.05, 0) is 44.1 Å². The highest BCUT2D eigenvalue weighted by atomic mass is 32.1. The lowest BCUT2D eigenvalue weighted by molar-refractivity contribution is -0.116. The van der Waals surface area contributed by atoms with Gasteiger partial charge in [0, 0.05) is 24.1 Å². The van der Waals surface area contributed by atoms with E-state index in [-0.39, 0.29) is 23.7 Å². The number of ketones is 1. The molecule has 0 aromatic carbocycles. The minimum absolute atomic E-state index is 0.101. The third-order valence-electron chi connectivity index (χ3n) is 5.48. The van der Waals surface area contributed by atoms with Crippen molar-refractivity contribution >= 4 is 49.7 Å². The van der Waals surface area contributed by atoms with Crippen LogP contribution < -0.4 is 10.9 Å². The van der Waals surface area contributed by atoms with Gasteiger partial charge in [-0.15, -0.1) is 11.3 Å². The fourth-order valence-corrected chi connectivity index (χ4v) is 6.34. The van der Waals surface area contributed by atoms with Crippen molar-refractivity contribution < 1.29 is 9.59 Å². The van der Waals surface area contributed by atoms with Crippen LogP contribution in [-0.4, -0.2) is 26.6 Å². The zero-order valence-electron chi connectivity index (χ0n) is 15.8. The van der Waals surface area contributed by atoms with Crippen LogP contribution in [0.4, 0.5) is 5.13 Å². The molecule has 2 aliphatic carbocycles. The first-order chi connectivity index (χ1) is 14.1. The van der Waals surface area contributed by atoms with E-state index in [1.165, 1.54) is 16.2 Å². The second kappa shape index (κ2) is 7.46. The van der Waals surface area contributed by atoms with Crippen LogP contribution in [0.2, 0.25) is 0 Å². The number of nitrogens with zero attached hydrogens (tertiary/aromatic N) is 2. The lowest BCUT2D eigenvalue weighted by atomic mass is 9.97. The predicted molar refractivity (Wildman–Crippen MR) is 113 cm³/mol. The van der Waals surface area contributed by atoms with E-state index >= 15 is 0 Å². The molecule has 0 aliphatic heterocycles. The topological polar surface area (TPSA) is 105 Å². The van der Waals surface area contributed by atoms with E-state index in [0.29, 0.717) is 28.7 Å². The number of rotatable bonds is 4. The quantitative estimate of drug-likeness (QED) is 0.663. The maximum absolute atomic E-state index is 12.6. The Labute approximate surface area is 174 Å². The van der Waals surface area contributed by atoms with Gasteiger partial charge in [0.05, 0.1) is 16.0 Å². The molecule has 2 aliphatic rings. The molecule has 0 atom stereocenters. The van der Waals surface area contributed by atoms with Gasteiger partial charge in [-0.25, -0.2) is 9.97 Å². The van der Waals surface area contributed by atoms with E-state index in [9.17, 15) is 14.4 Å². The van der Waals surface area contributed by atoms with E-state index in [4.69, 9.17) is 0 Å². The summed E-state index contributed by atoms with van der Waals surface area (Å²) in [5, 5.41) is 3.98. The van der Waals surface area contributed by atoms with Gasteiger partial charge in [0.15, 0.2) is 10.9 Å². The number of fused-ring (bicyclic) bond motifs is 4. The summed E-state index contributed by atoms with van der Waals surface area (Å²) >= 11 is 2.86. The van der Waals surface area contributed by atoms with Crippen LogP contribution in [-0.2, 0) is 30.5 Å². The van der Waals surface area contributed by atoms with Crippen molar-refractivity contribution in [3.05, 3.63) is 37.2 Å². The average Bonchev–Trinajstić information content (AvgIpc) is 3.28. The standard InChI is InChI=1S/C20H20N4O3S2/c25-12-6-3-5-11-17(12)29-20(21-11)24-15(26)9-8-14-22-18(27)16-10-4-1-2-7-13(10)28-19(16)23-14/h1-9H2,(H,21,24,26)(H,22,23,27). The molecule has 3 heterocycles. The number of anilines is 1. The Morgan fingerprint density at radius 3 is 2.76 bits per heavy atom. The fraction of sp³-hybridized carbons (Fsp3) is 0.450. The van der Waals surface area contributed by atoms with Gasteiger partial charge in [0.2, 0.25) is 5.91 Å². The van der Waals surface area contributed by atoms with Crippen LogP contribution in [0.1, 0.15) is 63.7 Å². The SMILES string of the molecule is O=C(CCc1nc2sc3c(c2c(=O)[nH]1)CCCC3)Nc1nc2c(s1)C(=O)CCC2. The van der Waals surface area contributed by atoms with Gasteiger partial charge in [-0.3, -0.25) is 14.4 Å². The van der Waals surface area contributed by atoms with Crippen LogP contribution in [0.25, 0.3) is 10.2 Å². The molecule has 29 heavy (non-hydrogen) atoms. The Hall–Kier alpha value is -2.39. The number of aryl methyl sites for hydroxylation is 4. The Morgan fingerprint density at radius 1 is 1.03 bits per heavy atom. The zero-order chi connectivity index (χ0) is 20.0. The molecule has 0 radical (unpaired) electrons. The van der Waals surface area contributed by atoms with Crippen LogP contribution in [0, 0.1) is 0 Å². The van der Waals surface area contributed by atoms with Crippen LogP contribution in [0.3, 0.4) is 0 Å². The molecule has 0 fully saturated rings. The first kappa shape index (κ1) is 18.6. The number of carbonyl (C=O) groups excluding carboxylic acids is 2. The maximum Gasteiger partial charge on any atom is 0.259 e. The molecule has 9 heteroatoms. The van der Waals surface area contributed by atoms with Crippen LogP contribution in [0.15, 0.2) is 4.79 Å². The number of thiophene rings is 1. The van der Waals surface area contributed by atoms with Crippen molar-refractivity contribution in [2.75, 3.05) is 5.32 Å². The number of amides is 1. The van der Waals surface area contributed by atoms with Gasteiger partial charge in [-0.2, -0.15) is 0 Å². The highest BCUT2D eigenvalue weighted by Crippen LogP contribution is 2.33. The number of hydrogen-bond acceptors (Lipinski definition) is 7. The number of carbonyl (C=O) groups is 2. The van der Waals surface area contributed by atoms with E-state index < -0.39 is 0 Å². The van der Waals surface area contributed by atoms with Crippen LogP contribution in [0.5, 0.6) is 0 Å². The molecule has 3 aromatic heterocycles. The zero-order valence-corrected chi connectivity index (χ0v) is 17.4. The third kappa shape index (κ3) is 3.53. The van der Waals surface area contributed by atoms with Gasteiger partial charge in [0.25, 0.3) is 5.56 Å². The molecule has 7 nitrogen and oxygen atoms in total. The predicted octanol–water partition coefficient (Wildman–Crippen LogP) is 3.41. The summed E-state index contributed by atoms with van der Waals surface area (Å²) in [6.45, 7) is 0. The molecule has 1 amide bonds. The van der Waals surface area contributed by atoms with Gasteiger partial charge < -0.3 is 10.3 Å². The molecule has 0 spiro atoms. The first-order valence-electron chi connectivity index (χ1n) is 9.94. The number of H-pyrrole nitrogens is 1. The number of nitrogens with one attached hydrogen (secondary N) is 2. The van der Waals surface area contributed by atoms with E-state index in [1.807, 2.05) is 0 Å². The van der Waals surface area contributed by atoms with Gasteiger partial charge >= 0.3 is 0 Å². The molecule has 3 aromatic rings. The minimum Gasteiger partial charge on any atom is -0.310 e. The highest BCUT2D eigenvalue weighted by Gasteiger charge is 2.23. The molecule has 0 saturated carbocycles. The summed E-state index contributed by atoms with van der Waals surface area (Å²) in [5.41, 5.74) is 1.85. The minimum atomic E-state index is -0.197. The third-order valence-corrected chi connectivity index (χ3v) is 7.72. The van der Waals surface area contributed by atoms with Crippen LogP contribution >= 0.6 is 22.7 Å². The second-order valence-electron chi connectivity index (χ2n) is 7.52. The lowest BCUT2D eigenvalue weighted by Gasteiger charge is -2.09.